The molecule has 2 saturated carbocycles. The molecule has 5 rings (SSSR count). The Balaban J connectivity index is 1.27. The van der Waals surface area contributed by atoms with Crippen LogP contribution in [0.1, 0.15) is 63.5 Å². The molecule has 2 fully saturated rings. The third-order valence-electron chi connectivity index (χ3n) is 7.25. The largest absolute Gasteiger partial charge is 0.382 e. The van der Waals surface area contributed by atoms with Crippen LogP contribution in [0.15, 0.2) is 18.5 Å². The maximum atomic E-state index is 13.0. The van der Waals surface area contributed by atoms with Gasteiger partial charge in [0.2, 0.25) is 5.91 Å². The van der Waals surface area contributed by atoms with Crippen LogP contribution in [-0.2, 0) is 22.6 Å². The molecule has 2 aliphatic carbocycles. The highest BCUT2D eigenvalue weighted by Crippen LogP contribution is 2.40. The zero-order valence-electron chi connectivity index (χ0n) is 18.1. The number of hydrogen-bond acceptors (Lipinski definition) is 5. The Morgan fingerprint density at radius 1 is 1.19 bits per heavy atom. The minimum absolute atomic E-state index is 0.0583. The van der Waals surface area contributed by atoms with E-state index in [2.05, 4.69) is 15.4 Å². The van der Waals surface area contributed by atoms with Crippen LogP contribution in [0.4, 0.5) is 5.82 Å². The van der Waals surface area contributed by atoms with Crippen molar-refractivity contribution in [2.75, 3.05) is 5.32 Å². The number of pyridine rings is 1. The molecule has 0 radical (unpaired) electrons. The summed E-state index contributed by atoms with van der Waals surface area (Å²) >= 11 is 6.46. The number of ketones is 1. The van der Waals surface area contributed by atoms with Crippen LogP contribution in [-0.4, -0.2) is 37.2 Å². The van der Waals surface area contributed by atoms with Crippen LogP contribution in [0.2, 0.25) is 5.02 Å². The topological polar surface area (TPSA) is 97.1 Å². The van der Waals surface area contributed by atoms with Gasteiger partial charge < -0.3 is 10.4 Å². The minimum Gasteiger partial charge on any atom is -0.382 e. The second-order valence-corrected chi connectivity index (χ2v) is 10.0. The number of aryl methyl sites for hydroxylation is 1. The van der Waals surface area contributed by atoms with Gasteiger partial charge in [-0.1, -0.05) is 18.0 Å². The Morgan fingerprint density at radius 3 is 2.84 bits per heavy atom. The van der Waals surface area contributed by atoms with Crippen molar-refractivity contribution < 1.29 is 14.7 Å². The van der Waals surface area contributed by atoms with Gasteiger partial charge in [-0.15, -0.1) is 0 Å². The van der Waals surface area contributed by atoms with E-state index in [9.17, 15) is 14.7 Å². The highest BCUT2D eigenvalue weighted by Gasteiger charge is 2.48. The van der Waals surface area contributed by atoms with Gasteiger partial charge in [-0.25, -0.2) is 4.98 Å². The fraction of sp³-hybridized carbons (Fsp3) is 0.583. The van der Waals surface area contributed by atoms with Crippen molar-refractivity contribution in [3.8, 4) is 11.1 Å². The first kappa shape index (κ1) is 21.6. The van der Waals surface area contributed by atoms with Gasteiger partial charge in [0.25, 0.3) is 0 Å². The van der Waals surface area contributed by atoms with Gasteiger partial charge in [0.05, 0.1) is 11.2 Å². The second kappa shape index (κ2) is 8.60. The highest BCUT2D eigenvalue weighted by atomic mass is 35.5. The summed E-state index contributed by atoms with van der Waals surface area (Å²) in [4.78, 5) is 29.6. The van der Waals surface area contributed by atoms with Crippen LogP contribution in [0.3, 0.4) is 0 Å². The summed E-state index contributed by atoms with van der Waals surface area (Å²) in [7, 11) is 0. The van der Waals surface area contributed by atoms with Gasteiger partial charge >= 0.3 is 0 Å². The second-order valence-electron chi connectivity index (χ2n) is 9.61. The summed E-state index contributed by atoms with van der Waals surface area (Å²) in [5.74, 6) is 0.363. The van der Waals surface area contributed by atoms with E-state index in [-0.39, 0.29) is 23.5 Å². The third kappa shape index (κ3) is 4.33. The molecule has 2 aromatic rings. The zero-order valence-corrected chi connectivity index (χ0v) is 18.9. The van der Waals surface area contributed by atoms with Crippen molar-refractivity contribution in [2.24, 2.45) is 11.8 Å². The monoisotopic (exact) mass is 456 g/mol. The van der Waals surface area contributed by atoms with E-state index in [0.29, 0.717) is 36.5 Å². The van der Waals surface area contributed by atoms with Gasteiger partial charge in [-0.05, 0) is 63.4 Å². The number of anilines is 1. The smallest absolute Gasteiger partial charge is 0.228 e. The van der Waals surface area contributed by atoms with Gasteiger partial charge in [-0.3, -0.25) is 14.3 Å². The lowest BCUT2D eigenvalue weighted by Crippen LogP contribution is -2.31. The minimum atomic E-state index is -1.08. The average molecular weight is 457 g/mol. The molecule has 2 atom stereocenters. The predicted molar refractivity (Wildman–Crippen MR) is 121 cm³/mol. The van der Waals surface area contributed by atoms with Crippen molar-refractivity contribution >= 4 is 29.1 Å². The average Bonchev–Trinajstić information content (AvgIpc) is 3.41. The van der Waals surface area contributed by atoms with Crippen LogP contribution in [0, 0.1) is 11.8 Å². The maximum absolute atomic E-state index is 13.0. The van der Waals surface area contributed by atoms with Crippen LogP contribution in [0.5, 0.6) is 0 Å². The molecular formula is C24H29ClN4O3. The number of Topliss-reactive ketones (excluding diaryl/α,β-unsaturated/α-hetero) is 1. The summed E-state index contributed by atoms with van der Waals surface area (Å²) in [5.41, 5.74) is 1.94. The molecule has 0 aromatic carbocycles. The maximum Gasteiger partial charge on any atom is 0.228 e. The van der Waals surface area contributed by atoms with Crippen molar-refractivity contribution in [1.82, 2.24) is 14.8 Å². The first-order valence-corrected chi connectivity index (χ1v) is 12.1. The molecule has 1 aliphatic heterocycles. The standard InChI is InChI=1S/C24H29ClN4O3/c25-19-14-26-22(12-17(19)18-13-27-29-9-2-1-6-20(18)29)28-23(31)16-5-3-4-15(10-16)11-21(30)24(32)7-8-24/h12-16,32H,1-11H2,(H,26,28,31)/t15-,16+/m1/s1. The van der Waals surface area contributed by atoms with Gasteiger partial charge in [0.1, 0.15) is 11.4 Å². The molecule has 0 saturated heterocycles. The summed E-state index contributed by atoms with van der Waals surface area (Å²) in [6, 6.07) is 1.83. The van der Waals surface area contributed by atoms with Crippen LogP contribution in [0.25, 0.3) is 11.1 Å². The molecule has 2 aromatic heterocycles. The number of nitrogens with zero attached hydrogens (tertiary/aromatic N) is 3. The fourth-order valence-corrected chi connectivity index (χ4v) is 5.36. The van der Waals surface area contributed by atoms with Crippen molar-refractivity contribution in [3.63, 3.8) is 0 Å². The lowest BCUT2D eigenvalue weighted by Gasteiger charge is -2.28. The fourth-order valence-electron chi connectivity index (χ4n) is 5.15. The van der Waals surface area contributed by atoms with E-state index >= 15 is 0 Å². The van der Waals surface area contributed by atoms with Gasteiger partial charge in [-0.2, -0.15) is 5.10 Å². The molecule has 2 N–H and O–H groups in total. The normalized spacial score (nSPS) is 23.9. The Kier molecular flexibility index (Phi) is 5.80. The Bertz CT molecular complexity index is 1050. The molecule has 7 nitrogen and oxygen atoms in total. The number of amides is 1. The third-order valence-corrected chi connectivity index (χ3v) is 7.55. The molecule has 3 aliphatic rings. The first-order valence-electron chi connectivity index (χ1n) is 11.7. The Labute approximate surface area is 192 Å². The lowest BCUT2D eigenvalue weighted by molar-refractivity contribution is -0.131. The molecule has 0 unspecified atom stereocenters. The predicted octanol–water partition coefficient (Wildman–Crippen LogP) is 4.16. The van der Waals surface area contributed by atoms with Gasteiger partial charge in [0.15, 0.2) is 5.78 Å². The number of nitrogens with one attached hydrogen (secondary N) is 1. The van der Waals surface area contributed by atoms with Gasteiger partial charge in [0, 0.05) is 41.9 Å². The number of hydrogen-bond donors (Lipinski definition) is 2. The number of carbonyl (C=O) groups excluding carboxylic acids is 2. The molecule has 1 amide bonds. The van der Waals surface area contributed by atoms with Crippen LogP contribution >= 0.6 is 11.6 Å². The molecule has 170 valence electrons. The number of halogens is 1. The van der Waals surface area contributed by atoms with Crippen molar-refractivity contribution in [3.05, 3.63) is 29.2 Å². The van der Waals surface area contributed by atoms with Crippen molar-refractivity contribution in [2.45, 2.75) is 76.4 Å². The molecule has 3 heterocycles. The number of rotatable bonds is 6. The molecule has 32 heavy (non-hydrogen) atoms. The quantitative estimate of drug-likeness (QED) is 0.680. The lowest BCUT2D eigenvalue weighted by atomic mass is 9.78. The van der Waals surface area contributed by atoms with Crippen LogP contribution < -0.4 is 5.32 Å². The Hall–Kier alpha value is -2.25. The number of carbonyl (C=O) groups is 2. The Morgan fingerprint density at radius 2 is 2.03 bits per heavy atom. The van der Waals surface area contributed by atoms with E-state index in [1.165, 1.54) is 5.69 Å². The van der Waals surface area contributed by atoms with E-state index < -0.39 is 5.60 Å². The van der Waals surface area contributed by atoms with Crippen molar-refractivity contribution in [1.29, 1.82) is 0 Å². The molecule has 0 bridgehead atoms. The van der Waals surface area contributed by atoms with E-state index in [4.69, 9.17) is 11.6 Å². The molecule has 0 spiro atoms. The first-order chi connectivity index (χ1) is 15.4. The highest BCUT2D eigenvalue weighted by molar-refractivity contribution is 6.33. The molecule has 8 heteroatoms. The van der Waals surface area contributed by atoms with E-state index in [0.717, 1.165) is 56.2 Å². The summed E-state index contributed by atoms with van der Waals surface area (Å²) in [6.07, 6.45) is 11.5. The van der Waals surface area contributed by atoms with E-state index in [1.54, 1.807) is 6.20 Å². The zero-order chi connectivity index (χ0) is 22.3. The molecular weight excluding hydrogens is 428 g/mol. The number of fused-ring (bicyclic) bond motifs is 1. The number of aromatic nitrogens is 3. The van der Waals surface area contributed by atoms with E-state index in [1.807, 2.05) is 16.9 Å². The number of aliphatic hydroxyl groups is 1. The summed E-state index contributed by atoms with van der Waals surface area (Å²) in [5, 5.41) is 18.0. The SMILES string of the molecule is O=C(Nc1cc(-c2cnn3c2CCCC3)c(Cl)cn1)[C@H]1CCC[C@@H](CC(=O)C2(O)CC2)C1. The summed E-state index contributed by atoms with van der Waals surface area (Å²) in [6.45, 7) is 0.921. The summed E-state index contributed by atoms with van der Waals surface area (Å²) < 4.78 is 2.04.